The maximum Gasteiger partial charge on any atom is 0.160 e. The van der Waals surface area contributed by atoms with Gasteiger partial charge in [0.25, 0.3) is 0 Å². The van der Waals surface area contributed by atoms with Crippen LogP contribution in [0.2, 0.25) is 0 Å². The standard InChI is InChI=1S/C57H34N4/c58-35-36-16-26-49-50-27-25-41(33-54(50)61(53(49)28-36)48-14-8-3-9-15-48)37-17-19-38(20-18-37)46-29-42-21-23-44-31-47(32-45-24-22-43(30-46)55(42)56(44)45)57-59-51(39-10-4-1-5-11-39)34-52(60-57)40-12-6-2-7-13-40/h1-34H. The van der Waals surface area contributed by atoms with Gasteiger partial charge in [0.05, 0.1) is 34.1 Å². The second-order valence-corrected chi connectivity index (χ2v) is 15.7. The molecular weight excluding hydrogens is 741 g/mol. The summed E-state index contributed by atoms with van der Waals surface area (Å²) in [5.74, 6) is 0.712. The number of fused-ring (bicyclic) bond motifs is 3. The van der Waals surface area contributed by atoms with Crippen molar-refractivity contribution in [2.75, 3.05) is 0 Å². The Balaban J connectivity index is 0.915. The zero-order chi connectivity index (χ0) is 40.4. The summed E-state index contributed by atoms with van der Waals surface area (Å²) in [6.45, 7) is 0. The largest absolute Gasteiger partial charge is 0.309 e. The van der Waals surface area contributed by atoms with Crippen molar-refractivity contribution in [1.29, 1.82) is 5.26 Å². The van der Waals surface area contributed by atoms with Crippen molar-refractivity contribution >= 4 is 54.1 Å². The van der Waals surface area contributed by atoms with Crippen LogP contribution in [0.15, 0.2) is 206 Å². The van der Waals surface area contributed by atoms with Gasteiger partial charge in [-0.1, -0.05) is 146 Å². The molecule has 0 fully saturated rings. The smallest absolute Gasteiger partial charge is 0.160 e. The first-order valence-corrected chi connectivity index (χ1v) is 20.5. The molecule has 0 spiro atoms. The molecule has 282 valence electrons. The molecule has 2 heterocycles. The zero-order valence-corrected chi connectivity index (χ0v) is 32.9. The number of nitrogens with zero attached hydrogens (tertiary/aromatic N) is 4. The Hall–Kier alpha value is -8.39. The Labute approximate surface area is 352 Å². The van der Waals surface area contributed by atoms with Crippen LogP contribution in [0, 0.1) is 11.3 Å². The summed E-state index contributed by atoms with van der Waals surface area (Å²) in [5, 5.41) is 19.3. The maximum absolute atomic E-state index is 9.71. The summed E-state index contributed by atoms with van der Waals surface area (Å²) in [7, 11) is 0. The molecule has 0 saturated heterocycles. The Bertz CT molecular complexity index is 3550. The Morgan fingerprint density at radius 1 is 0.361 bits per heavy atom. The average molecular weight is 775 g/mol. The van der Waals surface area contributed by atoms with Crippen molar-refractivity contribution in [1.82, 2.24) is 14.5 Å². The van der Waals surface area contributed by atoms with Gasteiger partial charge in [-0.25, -0.2) is 9.97 Å². The maximum atomic E-state index is 9.71. The first kappa shape index (κ1) is 34.6. The number of hydrogen-bond donors (Lipinski definition) is 0. The monoisotopic (exact) mass is 774 g/mol. The van der Waals surface area contributed by atoms with Crippen molar-refractivity contribution in [2.24, 2.45) is 0 Å². The molecule has 0 radical (unpaired) electrons. The number of hydrogen-bond acceptors (Lipinski definition) is 3. The first-order chi connectivity index (χ1) is 30.1. The second-order valence-electron chi connectivity index (χ2n) is 15.7. The Morgan fingerprint density at radius 2 is 0.820 bits per heavy atom. The molecule has 0 unspecified atom stereocenters. The van der Waals surface area contributed by atoms with Gasteiger partial charge in [0, 0.05) is 33.2 Å². The van der Waals surface area contributed by atoms with Crippen molar-refractivity contribution in [3.8, 4) is 67.9 Å². The van der Waals surface area contributed by atoms with Crippen LogP contribution in [-0.4, -0.2) is 14.5 Å². The highest BCUT2D eigenvalue weighted by molar-refractivity contribution is 6.24. The van der Waals surface area contributed by atoms with E-state index in [1.165, 1.54) is 43.4 Å². The van der Waals surface area contributed by atoms with Crippen LogP contribution in [0.1, 0.15) is 5.56 Å². The molecular formula is C57H34N4. The van der Waals surface area contributed by atoms with E-state index in [9.17, 15) is 5.26 Å². The van der Waals surface area contributed by atoms with Crippen LogP contribution in [0.5, 0.6) is 0 Å². The normalized spacial score (nSPS) is 11.6. The third-order valence-corrected chi connectivity index (χ3v) is 12.1. The summed E-state index contributed by atoms with van der Waals surface area (Å²) in [6, 6.07) is 75.2. The van der Waals surface area contributed by atoms with Gasteiger partial charge >= 0.3 is 0 Å². The van der Waals surface area contributed by atoms with Crippen molar-refractivity contribution in [3.63, 3.8) is 0 Å². The molecule has 10 aromatic carbocycles. The van der Waals surface area contributed by atoms with Crippen molar-refractivity contribution < 1.29 is 0 Å². The van der Waals surface area contributed by atoms with Gasteiger partial charge in [-0.3, -0.25) is 0 Å². The van der Waals surface area contributed by atoms with E-state index in [1.807, 2.05) is 30.3 Å². The lowest BCUT2D eigenvalue weighted by atomic mass is 9.90. The molecule has 0 N–H and O–H groups in total. The fraction of sp³-hybridized carbons (Fsp3) is 0. The Morgan fingerprint density at radius 3 is 1.36 bits per heavy atom. The number of benzene rings is 10. The minimum Gasteiger partial charge on any atom is -0.309 e. The van der Waals surface area contributed by atoms with Crippen LogP contribution in [0.3, 0.4) is 0 Å². The Kier molecular flexibility index (Phi) is 7.88. The fourth-order valence-corrected chi connectivity index (χ4v) is 9.20. The van der Waals surface area contributed by atoms with E-state index in [4.69, 9.17) is 9.97 Å². The van der Waals surface area contributed by atoms with Gasteiger partial charge in [-0.05, 0) is 115 Å². The second kappa shape index (κ2) is 13.9. The molecule has 61 heavy (non-hydrogen) atoms. The lowest BCUT2D eigenvalue weighted by molar-refractivity contribution is 1.18. The molecule has 0 amide bonds. The topological polar surface area (TPSA) is 54.5 Å². The van der Waals surface area contributed by atoms with Gasteiger partial charge in [-0.15, -0.1) is 0 Å². The van der Waals surface area contributed by atoms with Crippen molar-refractivity contribution in [2.45, 2.75) is 0 Å². The van der Waals surface area contributed by atoms with E-state index in [0.29, 0.717) is 11.4 Å². The minimum atomic E-state index is 0.651. The lowest BCUT2D eigenvalue weighted by Gasteiger charge is -2.15. The van der Waals surface area contributed by atoms with Crippen LogP contribution >= 0.6 is 0 Å². The zero-order valence-electron chi connectivity index (χ0n) is 32.9. The summed E-state index contributed by atoms with van der Waals surface area (Å²) < 4.78 is 2.27. The molecule has 2 aromatic heterocycles. The van der Waals surface area contributed by atoms with Gasteiger partial charge in [0.2, 0.25) is 0 Å². The van der Waals surface area contributed by atoms with E-state index in [0.717, 1.165) is 66.7 Å². The van der Waals surface area contributed by atoms with Crippen molar-refractivity contribution in [3.05, 3.63) is 212 Å². The van der Waals surface area contributed by atoms with Gasteiger partial charge in [0.1, 0.15) is 0 Å². The van der Waals surface area contributed by atoms with Crippen LogP contribution in [-0.2, 0) is 0 Å². The highest BCUT2D eigenvalue weighted by Gasteiger charge is 2.17. The molecule has 4 nitrogen and oxygen atoms in total. The van der Waals surface area contributed by atoms with Gasteiger partial charge < -0.3 is 4.57 Å². The highest BCUT2D eigenvalue weighted by Crippen LogP contribution is 2.41. The SMILES string of the molecule is N#Cc1ccc2c3ccc(-c4ccc(-c5cc6ccc7cc(-c8nc(-c9ccccc9)cc(-c9ccccc9)n8)cc8ccc(c5)c6c78)cc4)cc3n(-c3ccccc3)c2c1. The minimum absolute atomic E-state index is 0.651. The molecule has 0 aliphatic carbocycles. The molecule has 12 aromatic rings. The number of nitriles is 1. The summed E-state index contributed by atoms with van der Waals surface area (Å²) >= 11 is 0. The van der Waals surface area contributed by atoms with E-state index >= 15 is 0 Å². The predicted octanol–water partition coefficient (Wildman–Crippen LogP) is 14.7. The molecule has 0 bridgehead atoms. The highest BCUT2D eigenvalue weighted by atomic mass is 15.0. The first-order valence-electron chi connectivity index (χ1n) is 20.5. The molecule has 0 aliphatic heterocycles. The lowest BCUT2D eigenvalue weighted by Crippen LogP contribution is -1.96. The van der Waals surface area contributed by atoms with Crippen LogP contribution < -0.4 is 0 Å². The van der Waals surface area contributed by atoms with E-state index in [-0.39, 0.29) is 0 Å². The fourth-order valence-electron chi connectivity index (χ4n) is 9.20. The number of rotatable bonds is 6. The predicted molar refractivity (Wildman–Crippen MR) is 252 cm³/mol. The average Bonchev–Trinajstić information content (AvgIpc) is 3.66. The van der Waals surface area contributed by atoms with Crippen LogP contribution in [0.25, 0.3) is 116 Å². The molecule has 0 aliphatic rings. The van der Waals surface area contributed by atoms with Crippen LogP contribution in [0.4, 0.5) is 0 Å². The molecule has 0 saturated carbocycles. The third kappa shape index (κ3) is 5.83. The summed E-state index contributed by atoms with van der Waals surface area (Å²) in [6.07, 6.45) is 0. The van der Waals surface area contributed by atoms with E-state index < -0.39 is 0 Å². The summed E-state index contributed by atoms with van der Waals surface area (Å²) in [5.41, 5.74) is 13.4. The summed E-state index contributed by atoms with van der Waals surface area (Å²) in [4.78, 5) is 10.3. The number of aromatic nitrogens is 3. The van der Waals surface area contributed by atoms with E-state index in [2.05, 4.69) is 187 Å². The molecule has 0 atom stereocenters. The van der Waals surface area contributed by atoms with E-state index in [1.54, 1.807) is 0 Å². The number of para-hydroxylation sites is 1. The molecule has 4 heteroatoms. The third-order valence-electron chi connectivity index (χ3n) is 12.1. The van der Waals surface area contributed by atoms with Gasteiger partial charge in [0.15, 0.2) is 5.82 Å². The van der Waals surface area contributed by atoms with Gasteiger partial charge in [-0.2, -0.15) is 5.26 Å². The quantitative estimate of drug-likeness (QED) is 0.158. The molecule has 12 rings (SSSR count).